The van der Waals surface area contributed by atoms with E-state index in [0.29, 0.717) is 26.2 Å². The second-order valence-corrected chi connectivity index (χ2v) is 8.30. The van der Waals surface area contributed by atoms with Crippen molar-refractivity contribution in [2.45, 2.75) is 76.7 Å². The molecule has 2 heterocycles. The van der Waals surface area contributed by atoms with Gasteiger partial charge in [0.2, 0.25) is 11.8 Å². The molecular weight excluding hydrogens is 344 g/mol. The van der Waals surface area contributed by atoms with Crippen molar-refractivity contribution >= 4 is 11.8 Å². The van der Waals surface area contributed by atoms with Gasteiger partial charge in [0.05, 0.1) is 24.8 Å². The van der Waals surface area contributed by atoms with Gasteiger partial charge in [-0.25, -0.2) is 0 Å². The summed E-state index contributed by atoms with van der Waals surface area (Å²) in [4.78, 5) is 28.8. The zero-order valence-electron chi connectivity index (χ0n) is 16.5. The topological polar surface area (TPSA) is 85.7 Å². The summed E-state index contributed by atoms with van der Waals surface area (Å²) in [6.45, 7) is 6.39. The average molecular weight is 377 g/mol. The lowest BCUT2D eigenvalue weighted by Gasteiger charge is -2.38. The number of carbonyl (C=O) groups excluding carboxylic acids is 2. The minimum atomic E-state index is -0.258. The van der Waals surface area contributed by atoms with Crippen molar-refractivity contribution in [3.05, 3.63) is 0 Å². The molecule has 3 fully saturated rings. The van der Waals surface area contributed by atoms with E-state index in [1.807, 2.05) is 18.7 Å². The van der Waals surface area contributed by atoms with E-state index < -0.39 is 0 Å². The lowest BCUT2D eigenvalue weighted by molar-refractivity contribution is -0.148. The molecule has 1 saturated carbocycles. The van der Waals surface area contributed by atoms with E-state index in [9.17, 15) is 9.59 Å². The molecule has 0 aromatic carbocycles. The summed E-state index contributed by atoms with van der Waals surface area (Å²) in [6, 6.07) is 2.24. The van der Waals surface area contributed by atoms with Crippen molar-refractivity contribution in [1.82, 2.24) is 15.1 Å². The van der Waals surface area contributed by atoms with Gasteiger partial charge in [-0.2, -0.15) is 5.26 Å². The average Bonchev–Trinajstić information content (AvgIpc) is 3.14. The van der Waals surface area contributed by atoms with E-state index in [1.165, 1.54) is 0 Å². The highest BCUT2D eigenvalue weighted by Gasteiger charge is 2.34. The predicted octanol–water partition coefficient (Wildman–Crippen LogP) is 1.29. The van der Waals surface area contributed by atoms with Gasteiger partial charge in [0.15, 0.2) is 0 Å². The molecule has 0 aromatic heterocycles. The van der Waals surface area contributed by atoms with Crippen LogP contribution in [0.5, 0.6) is 0 Å². The van der Waals surface area contributed by atoms with Crippen LogP contribution in [0.1, 0.15) is 52.4 Å². The minimum absolute atomic E-state index is 0.0218. The van der Waals surface area contributed by atoms with Gasteiger partial charge in [0, 0.05) is 31.6 Å². The second kappa shape index (κ2) is 9.03. The van der Waals surface area contributed by atoms with Gasteiger partial charge in [0.1, 0.15) is 6.04 Å². The highest BCUT2D eigenvalue weighted by atomic mass is 16.5. The number of hydrogen-bond donors (Lipinski definition) is 1. The van der Waals surface area contributed by atoms with Crippen molar-refractivity contribution in [2.75, 3.05) is 26.2 Å². The number of hydrogen-bond acceptors (Lipinski definition) is 5. The molecular formula is C20H32N4O3. The molecule has 2 saturated heterocycles. The van der Waals surface area contributed by atoms with Crippen LogP contribution in [0, 0.1) is 17.2 Å². The predicted molar refractivity (Wildman–Crippen MR) is 101 cm³/mol. The summed E-state index contributed by atoms with van der Waals surface area (Å²) in [5, 5.41) is 12.5. The standard InChI is InChI=1S/C20H32N4O3/c1-14-12-23(13-15(2)27-14)20(26)16-5-7-17(8-6-16)22-11-19(25)24-9-3-4-18(24)10-21/h14-18,22H,3-9,11-13H2,1-2H3/t14-,15+,16-,17-,18-/m0/s1. The van der Waals surface area contributed by atoms with Gasteiger partial charge in [-0.1, -0.05) is 0 Å². The maximum atomic E-state index is 12.8. The SMILES string of the molecule is C[C@@H]1CN(C(=O)[C@H]2CC[C@H](NCC(=O)N3CCC[C@H]3C#N)CC2)C[C@H](C)O1. The Kier molecular flexibility index (Phi) is 6.72. The van der Waals surface area contributed by atoms with E-state index in [0.717, 1.165) is 38.5 Å². The van der Waals surface area contributed by atoms with Crippen LogP contribution in [0.3, 0.4) is 0 Å². The fourth-order valence-corrected chi connectivity index (χ4v) is 4.69. The summed E-state index contributed by atoms with van der Waals surface area (Å²) in [7, 11) is 0. The number of nitrogens with zero attached hydrogens (tertiary/aromatic N) is 3. The summed E-state index contributed by atoms with van der Waals surface area (Å²) in [5.41, 5.74) is 0. The van der Waals surface area contributed by atoms with Crippen molar-refractivity contribution in [2.24, 2.45) is 5.92 Å². The molecule has 3 atom stereocenters. The lowest BCUT2D eigenvalue weighted by atomic mass is 9.85. The number of rotatable bonds is 4. The molecule has 0 bridgehead atoms. The van der Waals surface area contributed by atoms with E-state index in [-0.39, 0.29) is 42.0 Å². The highest BCUT2D eigenvalue weighted by Crippen LogP contribution is 2.27. The normalized spacial score (nSPS) is 34.3. The molecule has 0 unspecified atom stereocenters. The third-order valence-corrected chi connectivity index (χ3v) is 6.07. The first-order chi connectivity index (χ1) is 13.0. The molecule has 0 spiro atoms. The van der Waals surface area contributed by atoms with Gasteiger partial charge in [-0.05, 0) is 52.4 Å². The Morgan fingerprint density at radius 1 is 1.11 bits per heavy atom. The Balaban J connectivity index is 1.40. The van der Waals surface area contributed by atoms with Crippen LogP contribution in [-0.2, 0) is 14.3 Å². The van der Waals surface area contributed by atoms with Crippen molar-refractivity contribution < 1.29 is 14.3 Å². The van der Waals surface area contributed by atoms with Crippen molar-refractivity contribution in [1.29, 1.82) is 5.26 Å². The first-order valence-corrected chi connectivity index (χ1v) is 10.3. The summed E-state index contributed by atoms with van der Waals surface area (Å²) in [6.07, 6.45) is 5.48. The maximum Gasteiger partial charge on any atom is 0.237 e. The molecule has 3 rings (SSSR count). The molecule has 1 N–H and O–H groups in total. The van der Waals surface area contributed by atoms with E-state index >= 15 is 0 Å². The number of morpholine rings is 1. The highest BCUT2D eigenvalue weighted by molar-refractivity contribution is 5.80. The van der Waals surface area contributed by atoms with Crippen LogP contribution < -0.4 is 5.32 Å². The Morgan fingerprint density at radius 2 is 1.78 bits per heavy atom. The van der Waals surface area contributed by atoms with Gasteiger partial charge in [-0.15, -0.1) is 0 Å². The third kappa shape index (κ3) is 4.99. The van der Waals surface area contributed by atoms with Crippen LogP contribution in [0.15, 0.2) is 0 Å². The molecule has 2 amide bonds. The van der Waals surface area contributed by atoms with Crippen LogP contribution in [0.4, 0.5) is 0 Å². The van der Waals surface area contributed by atoms with Gasteiger partial charge < -0.3 is 19.9 Å². The van der Waals surface area contributed by atoms with E-state index in [4.69, 9.17) is 10.00 Å². The maximum absolute atomic E-state index is 12.8. The van der Waals surface area contributed by atoms with Crippen molar-refractivity contribution in [3.8, 4) is 6.07 Å². The zero-order valence-corrected chi connectivity index (χ0v) is 16.5. The molecule has 150 valence electrons. The number of amides is 2. The van der Waals surface area contributed by atoms with Gasteiger partial charge in [-0.3, -0.25) is 9.59 Å². The molecule has 3 aliphatic rings. The van der Waals surface area contributed by atoms with Crippen LogP contribution >= 0.6 is 0 Å². The fraction of sp³-hybridized carbons (Fsp3) is 0.850. The Hall–Kier alpha value is -1.65. The first-order valence-electron chi connectivity index (χ1n) is 10.3. The Bertz CT molecular complexity index is 572. The quantitative estimate of drug-likeness (QED) is 0.799. The number of nitrogens with one attached hydrogen (secondary N) is 1. The van der Waals surface area contributed by atoms with Crippen molar-refractivity contribution in [3.63, 3.8) is 0 Å². The summed E-state index contributed by atoms with van der Waals surface area (Å²) >= 11 is 0. The molecule has 2 aliphatic heterocycles. The lowest BCUT2D eigenvalue weighted by Crippen LogP contribution is -2.51. The third-order valence-electron chi connectivity index (χ3n) is 6.07. The monoisotopic (exact) mass is 376 g/mol. The summed E-state index contributed by atoms with van der Waals surface area (Å²) < 4.78 is 5.72. The van der Waals surface area contributed by atoms with E-state index in [2.05, 4.69) is 11.4 Å². The molecule has 27 heavy (non-hydrogen) atoms. The molecule has 1 aliphatic carbocycles. The van der Waals surface area contributed by atoms with Crippen LogP contribution in [0.2, 0.25) is 0 Å². The minimum Gasteiger partial charge on any atom is -0.372 e. The number of carbonyl (C=O) groups is 2. The van der Waals surface area contributed by atoms with Crippen LogP contribution in [0.25, 0.3) is 0 Å². The Labute approximate surface area is 162 Å². The molecule has 0 aromatic rings. The fourth-order valence-electron chi connectivity index (χ4n) is 4.69. The number of nitriles is 1. The zero-order chi connectivity index (χ0) is 19.4. The van der Waals surface area contributed by atoms with Gasteiger partial charge in [0.25, 0.3) is 0 Å². The smallest absolute Gasteiger partial charge is 0.237 e. The molecule has 7 nitrogen and oxygen atoms in total. The largest absolute Gasteiger partial charge is 0.372 e. The molecule has 7 heteroatoms. The first kappa shape index (κ1) is 20.1. The number of ether oxygens (including phenoxy) is 1. The van der Waals surface area contributed by atoms with E-state index in [1.54, 1.807) is 4.90 Å². The number of likely N-dealkylation sites (tertiary alicyclic amines) is 1. The van der Waals surface area contributed by atoms with Gasteiger partial charge >= 0.3 is 0 Å². The molecule has 0 radical (unpaired) electrons. The Morgan fingerprint density at radius 3 is 2.41 bits per heavy atom. The second-order valence-electron chi connectivity index (χ2n) is 8.30. The summed E-state index contributed by atoms with van der Waals surface area (Å²) in [5.74, 6) is 0.381. The van der Waals surface area contributed by atoms with Crippen LogP contribution in [-0.4, -0.2) is 72.1 Å².